The second-order valence-corrected chi connectivity index (χ2v) is 8.98. The second kappa shape index (κ2) is 9.14. The Morgan fingerprint density at radius 2 is 1.71 bits per heavy atom. The first-order chi connectivity index (χ1) is 15.0. The summed E-state index contributed by atoms with van der Waals surface area (Å²) in [5.74, 6) is 0.472. The Balaban J connectivity index is 1.73. The number of alkyl halides is 3. The number of hydrogen-bond acceptors (Lipinski definition) is 6. The van der Waals surface area contributed by atoms with Crippen molar-refractivity contribution in [2.45, 2.75) is 10.2 Å². The Morgan fingerprint density at radius 1 is 0.935 bits per heavy atom. The van der Waals surface area contributed by atoms with Crippen molar-refractivity contribution in [3.63, 3.8) is 0 Å². The van der Waals surface area contributed by atoms with Crippen LogP contribution in [-0.2, 0) is 10.2 Å². The largest absolute Gasteiger partial charge is 0.354 e. The van der Waals surface area contributed by atoms with Gasteiger partial charge in [0.05, 0.1) is 0 Å². The second-order valence-electron chi connectivity index (χ2n) is 6.70. The minimum Gasteiger partial charge on any atom is -0.354 e. The van der Waals surface area contributed by atoms with Crippen LogP contribution >= 0.6 is 34.8 Å². The molecule has 2 aromatic heterocycles. The number of anilines is 1. The number of nitrogens with one attached hydrogen (secondary N) is 1. The summed E-state index contributed by atoms with van der Waals surface area (Å²) in [4.78, 5) is 29.0. The van der Waals surface area contributed by atoms with Crippen LogP contribution < -0.4 is 5.32 Å². The Morgan fingerprint density at radius 3 is 2.45 bits per heavy atom. The molecule has 0 aliphatic carbocycles. The molecule has 0 bridgehead atoms. The number of pyridine rings is 1. The number of carbonyl (C=O) groups is 1. The minimum absolute atomic E-state index is 0.0288. The van der Waals surface area contributed by atoms with Crippen LogP contribution in [0.3, 0.4) is 0 Å². The van der Waals surface area contributed by atoms with Gasteiger partial charge in [0.25, 0.3) is 0 Å². The molecular weight excluding hydrogens is 457 g/mol. The molecule has 0 aliphatic heterocycles. The van der Waals surface area contributed by atoms with Gasteiger partial charge in [0.2, 0.25) is 9.74 Å². The smallest absolute Gasteiger partial charge is 0.250 e. The van der Waals surface area contributed by atoms with Crippen molar-refractivity contribution in [2.75, 3.05) is 11.9 Å². The van der Waals surface area contributed by atoms with E-state index in [1.807, 2.05) is 42.5 Å². The first kappa shape index (κ1) is 21.4. The summed E-state index contributed by atoms with van der Waals surface area (Å²) >= 11 is 18.2. The fourth-order valence-electron chi connectivity index (χ4n) is 3.19. The SMILES string of the molecule is O=Cc1c(-c2nc(NCCc3ccncc3)nc(C(Cl)(Cl)Cl)n2)ccc2ccccc12. The highest BCUT2D eigenvalue weighted by Crippen LogP contribution is 2.37. The average Bonchev–Trinajstić information content (AvgIpc) is 2.78. The molecule has 0 saturated heterocycles. The highest BCUT2D eigenvalue weighted by Gasteiger charge is 2.29. The van der Waals surface area contributed by atoms with Crippen LogP contribution in [0.5, 0.6) is 0 Å². The molecule has 0 aliphatic rings. The van der Waals surface area contributed by atoms with Gasteiger partial charge in [0, 0.05) is 30.1 Å². The van der Waals surface area contributed by atoms with Crippen molar-refractivity contribution in [3.8, 4) is 11.4 Å². The molecule has 31 heavy (non-hydrogen) atoms. The van der Waals surface area contributed by atoms with Crippen molar-refractivity contribution in [1.82, 2.24) is 19.9 Å². The third-order valence-corrected chi connectivity index (χ3v) is 5.17. The van der Waals surface area contributed by atoms with Gasteiger partial charge in [-0.2, -0.15) is 9.97 Å². The molecule has 0 saturated carbocycles. The average molecular weight is 473 g/mol. The zero-order valence-electron chi connectivity index (χ0n) is 16.1. The molecule has 156 valence electrons. The van der Waals surface area contributed by atoms with Crippen molar-refractivity contribution in [1.29, 1.82) is 0 Å². The lowest BCUT2D eigenvalue weighted by Crippen LogP contribution is -2.15. The third kappa shape index (κ3) is 4.93. The summed E-state index contributed by atoms with van der Waals surface area (Å²) in [6.45, 7) is 0.547. The summed E-state index contributed by atoms with van der Waals surface area (Å²) in [5, 5.41) is 4.86. The number of aldehydes is 1. The number of benzene rings is 2. The monoisotopic (exact) mass is 471 g/mol. The third-order valence-electron chi connectivity index (χ3n) is 4.66. The lowest BCUT2D eigenvalue weighted by atomic mass is 9.99. The molecule has 4 rings (SSSR count). The van der Waals surface area contributed by atoms with Crippen LogP contribution in [0.25, 0.3) is 22.2 Å². The molecular formula is C22H16Cl3N5O. The van der Waals surface area contributed by atoms with E-state index in [1.54, 1.807) is 18.5 Å². The number of rotatable bonds is 6. The van der Waals surface area contributed by atoms with Gasteiger partial charge < -0.3 is 5.32 Å². The van der Waals surface area contributed by atoms with E-state index >= 15 is 0 Å². The molecule has 0 radical (unpaired) electrons. The molecule has 0 atom stereocenters. The molecule has 0 amide bonds. The topological polar surface area (TPSA) is 80.7 Å². The van der Waals surface area contributed by atoms with Gasteiger partial charge >= 0.3 is 0 Å². The van der Waals surface area contributed by atoms with Gasteiger partial charge in [-0.15, -0.1) is 0 Å². The van der Waals surface area contributed by atoms with Crippen LogP contribution in [-0.4, -0.2) is 32.8 Å². The summed E-state index contributed by atoms with van der Waals surface area (Å²) < 4.78 is -1.85. The number of hydrogen-bond donors (Lipinski definition) is 1. The number of fused-ring (bicyclic) bond motifs is 1. The number of aromatic nitrogens is 4. The van der Waals surface area contributed by atoms with E-state index in [0.29, 0.717) is 17.7 Å². The zero-order chi connectivity index (χ0) is 21.8. The van der Waals surface area contributed by atoms with E-state index in [1.165, 1.54) is 0 Å². The molecule has 9 heteroatoms. The lowest BCUT2D eigenvalue weighted by molar-refractivity contribution is 0.112. The normalized spacial score (nSPS) is 11.5. The maximum absolute atomic E-state index is 11.9. The molecule has 2 heterocycles. The Hall–Kier alpha value is -2.80. The summed E-state index contributed by atoms with van der Waals surface area (Å²) in [5.41, 5.74) is 2.10. The first-order valence-electron chi connectivity index (χ1n) is 9.39. The van der Waals surface area contributed by atoms with Gasteiger partial charge in [-0.25, -0.2) is 4.98 Å². The van der Waals surface area contributed by atoms with Crippen LogP contribution in [0.1, 0.15) is 21.7 Å². The van der Waals surface area contributed by atoms with Crippen LogP contribution in [0.2, 0.25) is 0 Å². The van der Waals surface area contributed by atoms with Crippen LogP contribution in [0, 0.1) is 0 Å². The van der Waals surface area contributed by atoms with E-state index in [4.69, 9.17) is 34.8 Å². The summed E-state index contributed by atoms with van der Waals surface area (Å²) in [6, 6.07) is 15.1. The van der Waals surface area contributed by atoms with E-state index < -0.39 is 3.79 Å². The standard InChI is InChI=1S/C22H16Cl3N5O/c23-22(24,25)20-28-19(17-6-5-15-3-1-2-4-16(15)18(17)13-31)29-21(30-20)27-12-9-14-7-10-26-11-8-14/h1-8,10-11,13H,9,12H2,(H,27,28,29,30). The Kier molecular flexibility index (Phi) is 6.32. The van der Waals surface area contributed by atoms with E-state index in [9.17, 15) is 4.79 Å². The summed E-state index contributed by atoms with van der Waals surface area (Å²) in [6.07, 6.45) is 4.98. The molecule has 6 nitrogen and oxygen atoms in total. The van der Waals surface area contributed by atoms with Gasteiger partial charge in [0.1, 0.15) is 0 Å². The minimum atomic E-state index is -1.85. The molecule has 0 spiro atoms. The van der Waals surface area contributed by atoms with Crippen molar-refractivity contribution >= 4 is 57.8 Å². The van der Waals surface area contributed by atoms with Crippen molar-refractivity contribution in [3.05, 3.63) is 77.9 Å². The van der Waals surface area contributed by atoms with E-state index in [0.717, 1.165) is 29.0 Å². The molecule has 2 aromatic carbocycles. The number of nitrogens with zero attached hydrogens (tertiary/aromatic N) is 4. The Bertz CT molecular complexity index is 1230. The summed E-state index contributed by atoms with van der Waals surface area (Å²) in [7, 11) is 0. The van der Waals surface area contributed by atoms with Crippen LogP contribution in [0.15, 0.2) is 60.9 Å². The fourth-order valence-corrected chi connectivity index (χ4v) is 3.44. The maximum atomic E-state index is 11.9. The molecule has 4 aromatic rings. The predicted molar refractivity (Wildman–Crippen MR) is 124 cm³/mol. The van der Waals surface area contributed by atoms with E-state index in [-0.39, 0.29) is 17.6 Å². The van der Waals surface area contributed by atoms with Gasteiger partial charge in [-0.3, -0.25) is 9.78 Å². The van der Waals surface area contributed by atoms with Crippen LogP contribution in [0.4, 0.5) is 5.95 Å². The van der Waals surface area contributed by atoms with Gasteiger partial charge in [-0.05, 0) is 41.0 Å². The van der Waals surface area contributed by atoms with E-state index in [2.05, 4.69) is 25.3 Å². The van der Waals surface area contributed by atoms with Gasteiger partial charge in [-0.1, -0.05) is 65.1 Å². The fraction of sp³-hybridized carbons (Fsp3) is 0.136. The first-order valence-corrected chi connectivity index (χ1v) is 10.5. The Labute approximate surface area is 193 Å². The maximum Gasteiger partial charge on any atom is 0.250 e. The highest BCUT2D eigenvalue weighted by atomic mass is 35.6. The van der Waals surface area contributed by atoms with Crippen molar-refractivity contribution in [2.24, 2.45) is 0 Å². The predicted octanol–water partition coefficient (Wildman–Crippen LogP) is 5.38. The quantitative estimate of drug-likeness (QED) is 0.300. The molecule has 0 unspecified atom stereocenters. The highest BCUT2D eigenvalue weighted by molar-refractivity contribution is 6.66. The number of halogens is 3. The molecule has 1 N–H and O–H groups in total. The molecule has 0 fully saturated rings. The lowest BCUT2D eigenvalue weighted by Gasteiger charge is -2.14. The number of carbonyl (C=O) groups excluding carboxylic acids is 1. The van der Waals surface area contributed by atoms with Crippen molar-refractivity contribution < 1.29 is 4.79 Å². The van der Waals surface area contributed by atoms with Gasteiger partial charge in [0.15, 0.2) is 17.9 Å². The zero-order valence-corrected chi connectivity index (χ0v) is 18.4.